The average Bonchev–Trinajstić information content (AvgIpc) is 3.47. The van der Waals surface area contributed by atoms with Gasteiger partial charge in [-0.05, 0) is 25.0 Å². The largest absolute Gasteiger partial charge is 0.484 e. The van der Waals surface area contributed by atoms with Gasteiger partial charge in [0.15, 0.2) is 12.4 Å². The maximum absolute atomic E-state index is 12.7. The van der Waals surface area contributed by atoms with Crippen LogP contribution in [0.4, 0.5) is 0 Å². The standard InChI is InChI=1S/C22H23N5O3/c28-19(15-30-17-10-5-2-6-11-17)23-14-20(29)27-13-7-12-18(27)22-24-21(25-26-22)16-8-3-1-4-9-16/h1-6,8-11,18H,7,12-15H2,(H,23,28)(H,24,25,26)/t18-/m0/s1. The Balaban J connectivity index is 1.31. The molecule has 0 radical (unpaired) electrons. The maximum atomic E-state index is 12.7. The van der Waals surface area contributed by atoms with Crippen LogP contribution in [0.2, 0.25) is 0 Å². The Morgan fingerprint density at radius 2 is 1.83 bits per heavy atom. The predicted octanol–water partition coefficient (Wildman–Crippen LogP) is 2.33. The lowest BCUT2D eigenvalue weighted by Gasteiger charge is -2.23. The number of carbonyl (C=O) groups excluding carboxylic acids is 2. The summed E-state index contributed by atoms with van der Waals surface area (Å²) in [5.41, 5.74) is 0.918. The molecule has 2 N–H and O–H groups in total. The van der Waals surface area contributed by atoms with Gasteiger partial charge in [-0.25, -0.2) is 4.98 Å². The maximum Gasteiger partial charge on any atom is 0.258 e. The third kappa shape index (κ3) is 4.65. The topological polar surface area (TPSA) is 100 Å². The van der Waals surface area contributed by atoms with Crippen LogP contribution in [0, 0.1) is 0 Å². The number of carbonyl (C=O) groups is 2. The molecule has 2 amide bonds. The SMILES string of the molecule is O=C(COc1ccccc1)NCC(=O)N1CCC[C@H]1c1nc(-c2ccccc2)n[nH]1. The van der Waals surface area contributed by atoms with Crippen molar-refractivity contribution in [2.75, 3.05) is 19.7 Å². The molecule has 0 saturated carbocycles. The van der Waals surface area contributed by atoms with Crippen LogP contribution in [0.5, 0.6) is 5.75 Å². The van der Waals surface area contributed by atoms with Gasteiger partial charge in [0, 0.05) is 12.1 Å². The summed E-state index contributed by atoms with van der Waals surface area (Å²) >= 11 is 0. The Morgan fingerprint density at radius 1 is 1.10 bits per heavy atom. The number of nitrogens with zero attached hydrogens (tertiary/aromatic N) is 3. The van der Waals surface area contributed by atoms with Gasteiger partial charge < -0.3 is 15.0 Å². The van der Waals surface area contributed by atoms with Crippen molar-refractivity contribution in [3.05, 3.63) is 66.5 Å². The number of aromatic amines is 1. The van der Waals surface area contributed by atoms with Crippen molar-refractivity contribution in [1.82, 2.24) is 25.4 Å². The van der Waals surface area contributed by atoms with Gasteiger partial charge in [0.1, 0.15) is 11.6 Å². The third-order valence-corrected chi connectivity index (χ3v) is 4.97. The van der Waals surface area contributed by atoms with E-state index in [0.29, 0.717) is 23.9 Å². The van der Waals surface area contributed by atoms with E-state index in [1.165, 1.54) is 0 Å². The molecule has 8 nitrogen and oxygen atoms in total. The lowest BCUT2D eigenvalue weighted by atomic mass is 10.2. The lowest BCUT2D eigenvalue weighted by Crippen LogP contribution is -2.41. The van der Waals surface area contributed by atoms with Gasteiger partial charge in [-0.15, -0.1) is 0 Å². The summed E-state index contributed by atoms with van der Waals surface area (Å²) in [7, 11) is 0. The molecule has 0 bridgehead atoms. The van der Waals surface area contributed by atoms with Gasteiger partial charge in [-0.1, -0.05) is 48.5 Å². The number of nitrogens with one attached hydrogen (secondary N) is 2. The van der Waals surface area contributed by atoms with Crippen LogP contribution in [0.25, 0.3) is 11.4 Å². The molecule has 3 aromatic rings. The number of rotatable bonds is 7. The Morgan fingerprint density at radius 3 is 2.60 bits per heavy atom. The van der Waals surface area contributed by atoms with Gasteiger partial charge in [0.25, 0.3) is 5.91 Å². The van der Waals surface area contributed by atoms with E-state index in [1.54, 1.807) is 17.0 Å². The first kappa shape index (κ1) is 19.6. The molecule has 1 aliphatic heterocycles. The minimum atomic E-state index is -0.339. The highest BCUT2D eigenvalue weighted by atomic mass is 16.5. The van der Waals surface area contributed by atoms with Crippen LogP contribution in [0.3, 0.4) is 0 Å². The highest BCUT2D eigenvalue weighted by molar-refractivity contribution is 5.85. The van der Waals surface area contributed by atoms with Crippen LogP contribution in [0.15, 0.2) is 60.7 Å². The molecule has 2 aromatic carbocycles. The van der Waals surface area contributed by atoms with Gasteiger partial charge in [-0.2, -0.15) is 5.10 Å². The fraction of sp³-hybridized carbons (Fsp3) is 0.273. The quantitative estimate of drug-likeness (QED) is 0.628. The van der Waals surface area contributed by atoms with Crippen LogP contribution < -0.4 is 10.1 Å². The molecule has 1 atom stereocenters. The number of hydrogen-bond acceptors (Lipinski definition) is 5. The zero-order chi connectivity index (χ0) is 20.8. The third-order valence-electron chi connectivity index (χ3n) is 4.97. The van der Waals surface area contributed by atoms with Crippen LogP contribution in [-0.2, 0) is 9.59 Å². The fourth-order valence-electron chi connectivity index (χ4n) is 3.48. The van der Waals surface area contributed by atoms with Crippen molar-refractivity contribution in [3.63, 3.8) is 0 Å². The summed E-state index contributed by atoms with van der Waals surface area (Å²) in [4.78, 5) is 31.0. The molecular weight excluding hydrogens is 382 g/mol. The highest BCUT2D eigenvalue weighted by Crippen LogP contribution is 2.30. The second-order valence-corrected chi connectivity index (χ2v) is 7.03. The zero-order valence-electron chi connectivity index (χ0n) is 16.5. The molecule has 1 aromatic heterocycles. The van der Waals surface area contributed by atoms with Crippen molar-refractivity contribution >= 4 is 11.8 Å². The van der Waals surface area contributed by atoms with E-state index < -0.39 is 0 Å². The summed E-state index contributed by atoms with van der Waals surface area (Å²) in [5.74, 6) is 1.39. The number of benzene rings is 2. The lowest BCUT2D eigenvalue weighted by molar-refractivity contribution is -0.134. The molecule has 30 heavy (non-hydrogen) atoms. The second-order valence-electron chi connectivity index (χ2n) is 7.03. The molecule has 1 fully saturated rings. The van der Waals surface area contributed by atoms with Crippen LogP contribution in [-0.4, -0.2) is 51.6 Å². The van der Waals surface area contributed by atoms with Gasteiger partial charge in [-0.3, -0.25) is 14.7 Å². The molecule has 4 rings (SSSR count). The summed E-state index contributed by atoms with van der Waals surface area (Å²) in [6, 6.07) is 18.6. The summed E-state index contributed by atoms with van der Waals surface area (Å²) in [6.45, 7) is 0.414. The van der Waals surface area contributed by atoms with Crippen molar-refractivity contribution in [2.24, 2.45) is 0 Å². The molecule has 0 unspecified atom stereocenters. The first-order chi connectivity index (χ1) is 14.7. The van der Waals surface area contributed by atoms with Crippen LogP contribution in [0.1, 0.15) is 24.7 Å². The number of likely N-dealkylation sites (tertiary alicyclic amines) is 1. The van der Waals surface area contributed by atoms with E-state index in [9.17, 15) is 9.59 Å². The van der Waals surface area contributed by atoms with Crippen molar-refractivity contribution in [1.29, 1.82) is 0 Å². The smallest absolute Gasteiger partial charge is 0.258 e. The van der Waals surface area contributed by atoms with Gasteiger partial charge in [0.2, 0.25) is 5.91 Å². The summed E-state index contributed by atoms with van der Waals surface area (Å²) in [6.07, 6.45) is 1.68. The monoisotopic (exact) mass is 405 g/mol. The van der Waals surface area contributed by atoms with Crippen LogP contribution >= 0.6 is 0 Å². The summed E-state index contributed by atoms with van der Waals surface area (Å²) < 4.78 is 5.40. The molecule has 0 aliphatic carbocycles. The number of aromatic nitrogens is 3. The molecule has 1 aliphatic rings. The molecule has 0 spiro atoms. The Bertz CT molecular complexity index is 990. The minimum absolute atomic E-state index is 0.0762. The molecular formula is C22H23N5O3. The molecule has 154 valence electrons. The first-order valence-electron chi connectivity index (χ1n) is 9.92. The molecule has 1 saturated heterocycles. The Hall–Kier alpha value is -3.68. The zero-order valence-corrected chi connectivity index (χ0v) is 16.5. The fourth-order valence-corrected chi connectivity index (χ4v) is 3.48. The first-order valence-corrected chi connectivity index (χ1v) is 9.92. The minimum Gasteiger partial charge on any atom is -0.484 e. The normalized spacial score (nSPS) is 15.7. The number of para-hydroxylation sites is 1. The van der Waals surface area contributed by atoms with E-state index in [-0.39, 0.29) is 31.0 Å². The Kier molecular flexibility index (Phi) is 6.03. The molecule has 2 heterocycles. The number of ether oxygens (including phenoxy) is 1. The highest BCUT2D eigenvalue weighted by Gasteiger charge is 2.32. The van der Waals surface area contributed by atoms with E-state index in [0.717, 1.165) is 18.4 Å². The van der Waals surface area contributed by atoms with E-state index in [2.05, 4.69) is 20.5 Å². The van der Waals surface area contributed by atoms with E-state index in [4.69, 9.17) is 4.74 Å². The van der Waals surface area contributed by atoms with E-state index >= 15 is 0 Å². The number of H-pyrrole nitrogens is 1. The van der Waals surface area contributed by atoms with Crippen molar-refractivity contribution in [2.45, 2.75) is 18.9 Å². The van der Waals surface area contributed by atoms with Gasteiger partial charge >= 0.3 is 0 Å². The molecule has 8 heteroatoms. The van der Waals surface area contributed by atoms with Gasteiger partial charge in [0.05, 0.1) is 12.6 Å². The van der Waals surface area contributed by atoms with Crippen molar-refractivity contribution in [3.8, 4) is 17.1 Å². The Labute approximate surface area is 174 Å². The number of hydrogen-bond donors (Lipinski definition) is 2. The van der Waals surface area contributed by atoms with Crippen molar-refractivity contribution < 1.29 is 14.3 Å². The second kappa shape index (κ2) is 9.21. The summed E-state index contributed by atoms with van der Waals surface area (Å²) in [5, 5.41) is 9.90. The van der Waals surface area contributed by atoms with E-state index in [1.807, 2.05) is 48.5 Å². The predicted molar refractivity (Wildman–Crippen MR) is 110 cm³/mol. The average molecular weight is 405 g/mol. The number of amides is 2.